The number of hydrogen-bond donors (Lipinski definition) is 1. The van der Waals surface area contributed by atoms with Crippen molar-refractivity contribution in [3.8, 4) is 0 Å². The maximum atomic E-state index is 12.8. The third kappa shape index (κ3) is 5.55. The second-order valence-corrected chi connectivity index (χ2v) is 9.96. The van der Waals surface area contributed by atoms with Crippen molar-refractivity contribution in [1.29, 1.82) is 0 Å². The Morgan fingerprint density at radius 2 is 1.54 bits per heavy atom. The van der Waals surface area contributed by atoms with Gasteiger partial charge in [-0.15, -0.1) is 0 Å². The molecule has 3 rings (SSSR count). The van der Waals surface area contributed by atoms with Gasteiger partial charge in [0.25, 0.3) is 0 Å². The topological polar surface area (TPSA) is 69.7 Å². The van der Waals surface area contributed by atoms with Crippen LogP contribution in [0.2, 0.25) is 0 Å². The molecule has 2 fully saturated rings. The van der Waals surface area contributed by atoms with Gasteiger partial charge in [-0.2, -0.15) is 4.31 Å². The number of amides is 1. The number of hydrogen-bond acceptors (Lipinski definition) is 4. The highest BCUT2D eigenvalue weighted by Crippen LogP contribution is 2.19. The van der Waals surface area contributed by atoms with Gasteiger partial charge in [-0.05, 0) is 31.9 Å². The Kier molecular flexibility index (Phi) is 7.48. The van der Waals surface area contributed by atoms with Crippen LogP contribution in [-0.2, 0) is 14.8 Å². The second kappa shape index (κ2) is 9.85. The number of nitrogens with one attached hydrogen (secondary N) is 1. The number of aryl methyl sites for hydroxylation is 1. The summed E-state index contributed by atoms with van der Waals surface area (Å²) in [7, 11) is -3.49. The monoisotopic (exact) mass is 407 g/mol. The predicted octanol–water partition coefficient (Wildman–Crippen LogP) is 2.53. The molecule has 0 spiro atoms. The first kappa shape index (κ1) is 21.3. The van der Waals surface area contributed by atoms with E-state index in [4.69, 9.17) is 0 Å². The van der Waals surface area contributed by atoms with E-state index in [2.05, 4.69) is 5.32 Å². The lowest BCUT2D eigenvalue weighted by Gasteiger charge is -2.34. The molecule has 7 heteroatoms. The van der Waals surface area contributed by atoms with Crippen LogP contribution < -0.4 is 5.32 Å². The average Bonchev–Trinajstić information content (AvgIpc) is 2.67. The fourth-order valence-corrected chi connectivity index (χ4v) is 5.46. The SMILES string of the molecule is Cc1ccc(S(=O)(=O)N2CCN(C(=O)CNC3CCCCCCC3)CC2)cc1. The second-order valence-electron chi connectivity index (χ2n) is 8.02. The summed E-state index contributed by atoms with van der Waals surface area (Å²) in [4.78, 5) is 14.7. The molecule has 1 saturated heterocycles. The van der Waals surface area contributed by atoms with Crippen molar-refractivity contribution in [3.63, 3.8) is 0 Å². The van der Waals surface area contributed by atoms with E-state index >= 15 is 0 Å². The number of carbonyl (C=O) groups is 1. The molecule has 1 heterocycles. The van der Waals surface area contributed by atoms with Crippen molar-refractivity contribution >= 4 is 15.9 Å². The molecule has 0 aromatic heterocycles. The number of nitrogens with zero attached hydrogens (tertiary/aromatic N) is 2. The maximum absolute atomic E-state index is 12.8. The molecule has 0 atom stereocenters. The largest absolute Gasteiger partial charge is 0.339 e. The van der Waals surface area contributed by atoms with Gasteiger partial charge in [0.15, 0.2) is 0 Å². The van der Waals surface area contributed by atoms with Gasteiger partial charge >= 0.3 is 0 Å². The summed E-state index contributed by atoms with van der Waals surface area (Å²) in [6.07, 6.45) is 8.70. The summed E-state index contributed by atoms with van der Waals surface area (Å²) in [5.74, 6) is 0.0782. The van der Waals surface area contributed by atoms with Crippen molar-refractivity contribution in [3.05, 3.63) is 29.8 Å². The summed E-state index contributed by atoms with van der Waals surface area (Å²) in [5, 5.41) is 3.44. The van der Waals surface area contributed by atoms with Gasteiger partial charge in [0, 0.05) is 32.2 Å². The Balaban J connectivity index is 1.47. The Morgan fingerprint density at radius 1 is 0.964 bits per heavy atom. The van der Waals surface area contributed by atoms with E-state index in [1.54, 1.807) is 17.0 Å². The van der Waals surface area contributed by atoms with Crippen LogP contribution in [0.15, 0.2) is 29.2 Å². The zero-order valence-corrected chi connectivity index (χ0v) is 17.7. The van der Waals surface area contributed by atoms with Gasteiger partial charge in [-0.25, -0.2) is 8.42 Å². The Labute approximate surface area is 169 Å². The predicted molar refractivity (Wildman–Crippen MR) is 111 cm³/mol. The molecule has 1 aliphatic heterocycles. The lowest BCUT2D eigenvalue weighted by atomic mass is 9.97. The molecule has 6 nitrogen and oxygen atoms in total. The minimum atomic E-state index is -3.49. The highest BCUT2D eigenvalue weighted by atomic mass is 32.2. The van der Waals surface area contributed by atoms with Gasteiger partial charge in [-0.1, -0.05) is 49.8 Å². The number of sulfonamides is 1. The number of benzene rings is 1. The van der Waals surface area contributed by atoms with Gasteiger partial charge in [-0.3, -0.25) is 4.79 Å². The zero-order chi connectivity index (χ0) is 20.0. The molecule has 1 aliphatic carbocycles. The van der Waals surface area contributed by atoms with Crippen LogP contribution in [0.1, 0.15) is 50.5 Å². The quantitative estimate of drug-likeness (QED) is 0.814. The molecular weight excluding hydrogens is 374 g/mol. The molecule has 1 saturated carbocycles. The minimum absolute atomic E-state index is 0.0782. The van der Waals surface area contributed by atoms with E-state index in [1.807, 2.05) is 19.1 Å². The first-order valence-electron chi connectivity index (χ1n) is 10.5. The molecule has 0 bridgehead atoms. The van der Waals surface area contributed by atoms with Crippen LogP contribution in [0.4, 0.5) is 0 Å². The van der Waals surface area contributed by atoms with Crippen LogP contribution >= 0.6 is 0 Å². The number of piperazine rings is 1. The first-order valence-corrected chi connectivity index (χ1v) is 12.0. The molecule has 1 amide bonds. The van der Waals surface area contributed by atoms with Crippen molar-refractivity contribution in [2.75, 3.05) is 32.7 Å². The van der Waals surface area contributed by atoms with Crippen LogP contribution in [0.25, 0.3) is 0 Å². The Bertz CT molecular complexity index is 733. The maximum Gasteiger partial charge on any atom is 0.243 e. The van der Waals surface area contributed by atoms with E-state index in [0.717, 1.165) is 18.4 Å². The molecule has 1 aromatic carbocycles. The van der Waals surface area contributed by atoms with Crippen molar-refractivity contribution in [2.24, 2.45) is 0 Å². The zero-order valence-electron chi connectivity index (χ0n) is 16.9. The molecule has 2 aliphatic rings. The fourth-order valence-electron chi connectivity index (χ4n) is 4.04. The van der Waals surface area contributed by atoms with Crippen LogP contribution in [-0.4, -0.2) is 62.3 Å². The molecular formula is C21H33N3O3S. The third-order valence-corrected chi connectivity index (χ3v) is 7.81. The van der Waals surface area contributed by atoms with Gasteiger partial charge < -0.3 is 10.2 Å². The van der Waals surface area contributed by atoms with E-state index in [9.17, 15) is 13.2 Å². The van der Waals surface area contributed by atoms with Gasteiger partial charge in [0.2, 0.25) is 15.9 Å². The summed E-state index contributed by atoms with van der Waals surface area (Å²) in [6.45, 7) is 3.91. The van der Waals surface area contributed by atoms with E-state index in [-0.39, 0.29) is 5.91 Å². The lowest BCUT2D eigenvalue weighted by Crippen LogP contribution is -2.52. The van der Waals surface area contributed by atoms with E-state index in [0.29, 0.717) is 43.7 Å². The van der Waals surface area contributed by atoms with Crippen LogP contribution in [0.5, 0.6) is 0 Å². The van der Waals surface area contributed by atoms with Crippen LogP contribution in [0.3, 0.4) is 0 Å². The van der Waals surface area contributed by atoms with E-state index < -0.39 is 10.0 Å². The van der Waals surface area contributed by atoms with Crippen molar-refractivity contribution in [2.45, 2.75) is 62.8 Å². The molecule has 28 heavy (non-hydrogen) atoms. The summed E-state index contributed by atoms with van der Waals surface area (Å²) in [6, 6.07) is 7.37. The average molecular weight is 408 g/mol. The first-order chi connectivity index (χ1) is 13.5. The molecule has 1 aromatic rings. The highest BCUT2D eigenvalue weighted by molar-refractivity contribution is 7.89. The molecule has 0 radical (unpaired) electrons. The third-order valence-electron chi connectivity index (χ3n) is 5.90. The van der Waals surface area contributed by atoms with Crippen molar-refractivity contribution in [1.82, 2.24) is 14.5 Å². The minimum Gasteiger partial charge on any atom is -0.339 e. The summed E-state index contributed by atoms with van der Waals surface area (Å²) in [5.41, 5.74) is 1.03. The summed E-state index contributed by atoms with van der Waals surface area (Å²) >= 11 is 0. The van der Waals surface area contributed by atoms with Crippen LogP contribution in [0, 0.1) is 6.92 Å². The number of carbonyl (C=O) groups excluding carboxylic acids is 1. The lowest BCUT2D eigenvalue weighted by molar-refractivity contribution is -0.131. The standard InChI is InChI=1S/C21H33N3O3S/c1-18-9-11-20(12-10-18)28(26,27)24-15-13-23(14-16-24)21(25)17-22-19-7-5-3-2-4-6-8-19/h9-12,19,22H,2-8,13-17H2,1H3. The fraction of sp³-hybridized carbons (Fsp3) is 0.667. The molecule has 1 N–H and O–H groups in total. The van der Waals surface area contributed by atoms with E-state index in [1.165, 1.54) is 36.4 Å². The highest BCUT2D eigenvalue weighted by Gasteiger charge is 2.30. The molecule has 0 unspecified atom stereocenters. The van der Waals surface area contributed by atoms with Crippen molar-refractivity contribution < 1.29 is 13.2 Å². The van der Waals surface area contributed by atoms with Gasteiger partial charge in [0.05, 0.1) is 11.4 Å². The number of rotatable bonds is 5. The Morgan fingerprint density at radius 3 is 2.14 bits per heavy atom. The smallest absolute Gasteiger partial charge is 0.243 e. The molecule has 156 valence electrons. The normalized spacial score (nSPS) is 20.5. The van der Waals surface area contributed by atoms with Gasteiger partial charge in [0.1, 0.15) is 0 Å². The summed E-state index contributed by atoms with van der Waals surface area (Å²) < 4.78 is 27.0. The Hall–Kier alpha value is -1.44.